The normalized spacial score (nSPS) is 11.7. The SMILES string of the molecule is CC(C)(C)c1nnc(CSc2ccncc2N)o1. The van der Waals surface area contributed by atoms with Crippen LogP contribution in [0.2, 0.25) is 0 Å². The van der Waals surface area contributed by atoms with Crippen LogP contribution in [-0.4, -0.2) is 15.2 Å². The van der Waals surface area contributed by atoms with Gasteiger partial charge in [0.25, 0.3) is 0 Å². The fraction of sp³-hybridized carbons (Fsp3) is 0.417. The van der Waals surface area contributed by atoms with E-state index in [0.717, 1.165) is 4.90 Å². The largest absolute Gasteiger partial charge is 0.424 e. The van der Waals surface area contributed by atoms with Crippen LogP contribution in [0.1, 0.15) is 32.6 Å². The molecule has 2 N–H and O–H groups in total. The number of aromatic nitrogens is 3. The van der Waals surface area contributed by atoms with Crippen molar-refractivity contribution in [2.75, 3.05) is 5.73 Å². The van der Waals surface area contributed by atoms with Crippen molar-refractivity contribution in [3.05, 3.63) is 30.2 Å². The van der Waals surface area contributed by atoms with E-state index in [0.29, 0.717) is 23.2 Å². The molecule has 0 aliphatic rings. The van der Waals surface area contributed by atoms with Gasteiger partial charge in [-0.15, -0.1) is 22.0 Å². The van der Waals surface area contributed by atoms with Gasteiger partial charge >= 0.3 is 0 Å². The highest BCUT2D eigenvalue weighted by Gasteiger charge is 2.21. The lowest BCUT2D eigenvalue weighted by Gasteiger charge is -2.10. The van der Waals surface area contributed by atoms with Gasteiger partial charge in [-0.05, 0) is 6.07 Å². The molecule has 0 aliphatic heterocycles. The van der Waals surface area contributed by atoms with E-state index in [4.69, 9.17) is 10.2 Å². The van der Waals surface area contributed by atoms with Crippen molar-refractivity contribution in [3.8, 4) is 0 Å². The van der Waals surface area contributed by atoms with E-state index < -0.39 is 0 Å². The fourth-order valence-electron chi connectivity index (χ4n) is 1.28. The van der Waals surface area contributed by atoms with Gasteiger partial charge in [-0.3, -0.25) is 4.98 Å². The molecule has 0 bridgehead atoms. The van der Waals surface area contributed by atoms with Crippen LogP contribution in [-0.2, 0) is 11.2 Å². The Balaban J connectivity index is 2.03. The predicted octanol–water partition coefficient (Wildman–Crippen LogP) is 2.64. The van der Waals surface area contributed by atoms with E-state index in [1.807, 2.05) is 26.8 Å². The summed E-state index contributed by atoms with van der Waals surface area (Å²) in [7, 11) is 0. The summed E-state index contributed by atoms with van der Waals surface area (Å²) in [6.07, 6.45) is 3.35. The zero-order valence-electron chi connectivity index (χ0n) is 10.7. The topological polar surface area (TPSA) is 77.8 Å². The van der Waals surface area contributed by atoms with Crippen molar-refractivity contribution >= 4 is 17.4 Å². The van der Waals surface area contributed by atoms with Gasteiger partial charge in [0.05, 0.1) is 17.6 Å². The molecule has 5 nitrogen and oxygen atoms in total. The molecule has 2 heterocycles. The summed E-state index contributed by atoms with van der Waals surface area (Å²) in [6, 6.07) is 1.88. The summed E-state index contributed by atoms with van der Waals surface area (Å²) in [5.41, 5.74) is 6.35. The average Bonchev–Trinajstić information content (AvgIpc) is 2.76. The standard InChI is InChI=1S/C12H16N4OS/c1-12(2,3)11-16-15-10(17-11)7-18-9-4-5-14-6-8(9)13/h4-6H,7,13H2,1-3H3. The Morgan fingerprint density at radius 3 is 2.72 bits per heavy atom. The molecule has 2 aromatic rings. The minimum Gasteiger partial charge on any atom is -0.424 e. The van der Waals surface area contributed by atoms with Crippen molar-refractivity contribution in [1.82, 2.24) is 15.2 Å². The van der Waals surface area contributed by atoms with Gasteiger partial charge in [-0.25, -0.2) is 0 Å². The van der Waals surface area contributed by atoms with Crippen LogP contribution in [0, 0.1) is 0 Å². The molecule has 0 fully saturated rings. The number of nitrogen functional groups attached to an aromatic ring is 1. The Morgan fingerprint density at radius 1 is 1.33 bits per heavy atom. The smallest absolute Gasteiger partial charge is 0.226 e. The van der Waals surface area contributed by atoms with Gasteiger partial charge in [0.15, 0.2) is 0 Å². The molecule has 96 valence electrons. The summed E-state index contributed by atoms with van der Waals surface area (Å²) in [4.78, 5) is 4.92. The molecule has 0 radical (unpaired) electrons. The lowest BCUT2D eigenvalue weighted by Crippen LogP contribution is -2.11. The molecule has 18 heavy (non-hydrogen) atoms. The molecule has 2 aromatic heterocycles. The van der Waals surface area contributed by atoms with Crippen molar-refractivity contribution in [2.45, 2.75) is 36.8 Å². The summed E-state index contributed by atoms with van der Waals surface area (Å²) >= 11 is 1.56. The lowest BCUT2D eigenvalue weighted by atomic mass is 9.97. The van der Waals surface area contributed by atoms with Gasteiger partial charge in [-0.1, -0.05) is 20.8 Å². The Morgan fingerprint density at radius 2 is 2.11 bits per heavy atom. The maximum Gasteiger partial charge on any atom is 0.226 e. The maximum absolute atomic E-state index is 5.81. The van der Waals surface area contributed by atoms with E-state index in [1.54, 1.807) is 24.2 Å². The number of hydrogen-bond donors (Lipinski definition) is 1. The number of rotatable bonds is 3. The zero-order valence-corrected chi connectivity index (χ0v) is 11.5. The Labute approximate surface area is 110 Å². The molecule has 0 aliphatic carbocycles. The van der Waals surface area contributed by atoms with E-state index in [-0.39, 0.29) is 5.41 Å². The minimum atomic E-state index is -0.119. The van der Waals surface area contributed by atoms with Gasteiger partial charge in [0, 0.05) is 16.5 Å². The molecule has 0 unspecified atom stereocenters. The molecular formula is C12H16N4OS. The Kier molecular flexibility index (Phi) is 3.56. The minimum absolute atomic E-state index is 0.119. The number of pyridine rings is 1. The highest BCUT2D eigenvalue weighted by Crippen LogP contribution is 2.28. The second-order valence-corrected chi connectivity index (χ2v) is 5.97. The Bertz CT molecular complexity index is 533. The first-order valence-corrected chi connectivity index (χ1v) is 6.60. The number of nitrogens with zero attached hydrogens (tertiary/aromatic N) is 3. The number of hydrogen-bond acceptors (Lipinski definition) is 6. The maximum atomic E-state index is 5.81. The van der Waals surface area contributed by atoms with Crippen LogP contribution in [0.5, 0.6) is 0 Å². The quantitative estimate of drug-likeness (QED) is 0.859. The highest BCUT2D eigenvalue weighted by atomic mass is 32.2. The van der Waals surface area contributed by atoms with Gasteiger partial charge < -0.3 is 10.2 Å². The molecule has 0 aromatic carbocycles. The van der Waals surface area contributed by atoms with Crippen molar-refractivity contribution in [2.24, 2.45) is 0 Å². The van der Waals surface area contributed by atoms with Gasteiger partial charge in [0.1, 0.15) is 0 Å². The van der Waals surface area contributed by atoms with Crippen LogP contribution in [0.15, 0.2) is 27.8 Å². The third-order valence-corrected chi connectivity index (χ3v) is 3.34. The van der Waals surface area contributed by atoms with Crippen molar-refractivity contribution in [3.63, 3.8) is 0 Å². The van der Waals surface area contributed by atoms with Crippen LogP contribution >= 0.6 is 11.8 Å². The van der Waals surface area contributed by atoms with E-state index in [2.05, 4.69) is 15.2 Å². The molecule has 0 amide bonds. The first-order valence-electron chi connectivity index (χ1n) is 5.62. The molecular weight excluding hydrogens is 248 g/mol. The molecule has 6 heteroatoms. The predicted molar refractivity (Wildman–Crippen MR) is 71.2 cm³/mol. The number of nitrogens with two attached hydrogens (primary N) is 1. The Hall–Kier alpha value is -1.56. The third kappa shape index (κ3) is 3.01. The highest BCUT2D eigenvalue weighted by molar-refractivity contribution is 7.98. The molecule has 0 saturated heterocycles. The first kappa shape index (κ1) is 12.9. The van der Waals surface area contributed by atoms with E-state index >= 15 is 0 Å². The first-order chi connectivity index (χ1) is 8.47. The zero-order chi connectivity index (χ0) is 13.2. The number of thioether (sulfide) groups is 1. The summed E-state index contributed by atoms with van der Waals surface area (Å²) in [5, 5.41) is 8.08. The third-order valence-electron chi connectivity index (χ3n) is 2.27. The second kappa shape index (κ2) is 4.97. The molecule has 0 atom stereocenters. The fourth-order valence-corrected chi connectivity index (χ4v) is 2.05. The van der Waals surface area contributed by atoms with Crippen LogP contribution in [0.4, 0.5) is 5.69 Å². The molecule has 2 rings (SSSR count). The van der Waals surface area contributed by atoms with Gasteiger partial charge in [-0.2, -0.15) is 0 Å². The van der Waals surface area contributed by atoms with E-state index in [1.165, 1.54) is 0 Å². The lowest BCUT2D eigenvalue weighted by molar-refractivity contribution is 0.378. The van der Waals surface area contributed by atoms with E-state index in [9.17, 15) is 0 Å². The summed E-state index contributed by atoms with van der Waals surface area (Å²) in [5.74, 6) is 1.87. The van der Waals surface area contributed by atoms with Crippen molar-refractivity contribution in [1.29, 1.82) is 0 Å². The second-order valence-electron chi connectivity index (χ2n) is 4.95. The summed E-state index contributed by atoms with van der Waals surface area (Å²) < 4.78 is 5.61. The van der Waals surface area contributed by atoms with Crippen LogP contribution in [0.3, 0.4) is 0 Å². The monoisotopic (exact) mass is 264 g/mol. The average molecular weight is 264 g/mol. The summed E-state index contributed by atoms with van der Waals surface area (Å²) in [6.45, 7) is 6.12. The molecule has 0 spiro atoms. The van der Waals surface area contributed by atoms with Crippen LogP contribution < -0.4 is 5.73 Å². The van der Waals surface area contributed by atoms with Gasteiger partial charge in [0.2, 0.25) is 11.8 Å². The van der Waals surface area contributed by atoms with Crippen molar-refractivity contribution < 1.29 is 4.42 Å². The number of anilines is 1. The molecule has 0 saturated carbocycles. The van der Waals surface area contributed by atoms with Crippen LogP contribution in [0.25, 0.3) is 0 Å².